The van der Waals surface area contributed by atoms with Gasteiger partial charge in [-0.1, -0.05) is 33.1 Å². The zero-order valence-electron chi connectivity index (χ0n) is 9.49. The third-order valence-corrected chi connectivity index (χ3v) is 2.36. The Bertz CT molecular complexity index is 201. The maximum atomic E-state index is 10.9. The van der Waals surface area contributed by atoms with Crippen LogP contribution in [0.25, 0.3) is 0 Å². The third-order valence-electron chi connectivity index (χ3n) is 2.36. The van der Waals surface area contributed by atoms with Gasteiger partial charge in [0.05, 0.1) is 6.61 Å². The Morgan fingerprint density at radius 1 is 1.33 bits per heavy atom. The van der Waals surface area contributed by atoms with E-state index in [9.17, 15) is 9.59 Å². The van der Waals surface area contributed by atoms with Gasteiger partial charge in [0.15, 0.2) is 0 Å². The van der Waals surface area contributed by atoms with Gasteiger partial charge in [0.1, 0.15) is 6.61 Å². The van der Waals surface area contributed by atoms with Gasteiger partial charge in [-0.15, -0.1) is 0 Å². The summed E-state index contributed by atoms with van der Waals surface area (Å²) in [4.78, 5) is 21.6. The first-order valence-electron chi connectivity index (χ1n) is 5.46. The quantitative estimate of drug-likeness (QED) is 0.491. The first-order valence-corrected chi connectivity index (χ1v) is 5.46. The van der Waals surface area contributed by atoms with Crippen LogP contribution >= 0.6 is 0 Å². The van der Waals surface area contributed by atoms with Gasteiger partial charge in [0.2, 0.25) is 0 Å². The van der Waals surface area contributed by atoms with Crippen LogP contribution in [-0.2, 0) is 14.3 Å². The fraction of sp³-hybridized carbons (Fsp3) is 0.818. The van der Waals surface area contributed by atoms with E-state index in [4.69, 9.17) is 9.84 Å². The lowest BCUT2D eigenvalue weighted by atomic mass is 10.0. The van der Waals surface area contributed by atoms with Gasteiger partial charge in [-0.2, -0.15) is 0 Å². The van der Waals surface area contributed by atoms with E-state index >= 15 is 0 Å². The molecule has 0 spiro atoms. The summed E-state index contributed by atoms with van der Waals surface area (Å²) in [5.41, 5.74) is 0. The monoisotopic (exact) mass is 216 g/mol. The van der Waals surface area contributed by atoms with Crippen LogP contribution in [0.1, 0.15) is 39.5 Å². The van der Waals surface area contributed by atoms with Crippen LogP contribution < -0.4 is 0 Å². The highest BCUT2D eigenvalue weighted by Crippen LogP contribution is 2.12. The molecule has 15 heavy (non-hydrogen) atoms. The predicted molar refractivity (Wildman–Crippen MR) is 56.4 cm³/mol. The van der Waals surface area contributed by atoms with Gasteiger partial charge >= 0.3 is 5.97 Å². The third kappa shape index (κ3) is 6.23. The molecular formula is C11H20O4. The van der Waals surface area contributed by atoms with Crippen LogP contribution in [0.4, 0.5) is 0 Å². The fourth-order valence-electron chi connectivity index (χ4n) is 1.24. The Morgan fingerprint density at radius 3 is 2.47 bits per heavy atom. The number of ether oxygens (including phenoxy) is 1. The lowest BCUT2D eigenvalue weighted by Gasteiger charge is -2.13. The van der Waals surface area contributed by atoms with E-state index in [0.29, 0.717) is 5.92 Å². The zero-order valence-corrected chi connectivity index (χ0v) is 9.49. The molecule has 0 aliphatic rings. The maximum absolute atomic E-state index is 10.9. The largest absolute Gasteiger partial charge is 0.460 e. The average Bonchev–Trinajstić information content (AvgIpc) is 2.27. The standard InChI is InChI=1S/C11H20O4/c1-3-5-6-9(4-2)8-15-11(14)10(13)7-12/h9,12H,3-8H2,1-2H3. The molecule has 4 nitrogen and oxygen atoms in total. The zero-order chi connectivity index (χ0) is 11.7. The van der Waals surface area contributed by atoms with Gasteiger partial charge in [-0.05, 0) is 12.3 Å². The minimum atomic E-state index is -0.924. The number of aliphatic hydroxyl groups excluding tert-OH is 1. The highest BCUT2D eigenvalue weighted by molar-refractivity contribution is 6.34. The lowest BCUT2D eigenvalue weighted by molar-refractivity contribution is -0.156. The van der Waals surface area contributed by atoms with Crippen LogP contribution in [0.3, 0.4) is 0 Å². The molecule has 1 unspecified atom stereocenters. The summed E-state index contributed by atoms with van der Waals surface area (Å²) in [5.74, 6) is -1.48. The smallest absolute Gasteiger partial charge is 0.377 e. The van der Waals surface area contributed by atoms with E-state index in [1.165, 1.54) is 0 Å². The minimum Gasteiger partial charge on any atom is -0.460 e. The summed E-state index contributed by atoms with van der Waals surface area (Å²) in [7, 11) is 0. The minimum absolute atomic E-state index is 0.279. The Hall–Kier alpha value is -0.900. The first kappa shape index (κ1) is 14.1. The van der Waals surface area contributed by atoms with Gasteiger partial charge in [0.25, 0.3) is 5.78 Å². The molecule has 0 saturated heterocycles. The van der Waals surface area contributed by atoms with Crippen molar-refractivity contribution >= 4 is 11.8 Å². The van der Waals surface area contributed by atoms with Crippen LogP contribution in [0, 0.1) is 5.92 Å². The van der Waals surface area contributed by atoms with E-state index in [1.54, 1.807) is 0 Å². The Kier molecular flexibility index (Phi) is 7.91. The number of aliphatic hydroxyl groups is 1. The molecule has 0 heterocycles. The molecule has 0 bridgehead atoms. The van der Waals surface area contributed by atoms with E-state index in [-0.39, 0.29) is 6.61 Å². The number of hydrogen-bond donors (Lipinski definition) is 1. The molecule has 0 rings (SSSR count). The molecule has 0 aliphatic heterocycles. The van der Waals surface area contributed by atoms with Crippen molar-refractivity contribution in [3.63, 3.8) is 0 Å². The van der Waals surface area contributed by atoms with Crippen LogP contribution in [0.2, 0.25) is 0 Å². The number of Topliss-reactive ketones (excluding diaryl/α,β-unsaturated/α-hetero) is 1. The van der Waals surface area contributed by atoms with Gasteiger partial charge in [0, 0.05) is 0 Å². The number of ketones is 1. The molecule has 0 aromatic rings. The molecule has 0 aromatic heterocycles. The van der Waals surface area contributed by atoms with Gasteiger partial charge < -0.3 is 9.84 Å². The van der Waals surface area contributed by atoms with Crippen molar-refractivity contribution in [2.75, 3.05) is 13.2 Å². The molecule has 0 saturated carbocycles. The van der Waals surface area contributed by atoms with Gasteiger partial charge in [-0.3, -0.25) is 4.79 Å². The summed E-state index contributed by atoms with van der Waals surface area (Å²) in [6, 6.07) is 0. The maximum Gasteiger partial charge on any atom is 0.377 e. The first-order chi connectivity index (χ1) is 7.15. The molecule has 0 fully saturated rings. The topological polar surface area (TPSA) is 63.6 Å². The van der Waals surface area contributed by atoms with Gasteiger partial charge in [-0.25, -0.2) is 4.79 Å². The molecule has 0 aromatic carbocycles. The van der Waals surface area contributed by atoms with Crippen molar-refractivity contribution in [3.05, 3.63) is 0 Å². The molecule has 0 amide bonds. The summed E-state index contributed by atoms with van der Waals surface area (Å²) in [5, 5.41) is 8.42. The second-order valence-corrected chi connectivity index (χ2v) is 3.60. The fourth-order valence-corrected chi connectivity index (χ4v) is 1.24. The Labute approximate surface area is 90.6 Å². The molecule has 1 atom stereocenters. The van der Waals surface area contributed by atoms with E-state index in [0.717, 1.165) is 25.7 Å². The van der Waals surface area contributed by atoms with Crippen LogP contribution in [0.15, 0.2) is 0 Å². The normalized spacial score (nSPS) is 12.2. The number of esters is 1. The van der Waals surface area contributed by atoms with Crippen molar-refractivity contribution in [3.8, 4) is 0 Å². The highest BCUT2D eigenvalue weighted by atomic mass is 16.5. The van der Waals surface area contributed by atoms with Crippen molar-refractivity contribution < 1.29 is 19.4 Å². The number of carbonyl (C=O) groups is 2. The predicted octanol–water partition coefficient (Wildman–Crippen LogP) is 1.31. The summed E-state index contributed by atoms with van der Waals surface area (Å²) >= 11 is 0. The Balaban J connectivity index is 3.79. The summed E-state index contributed by atoms with van der Waals surface area (Å²) in [6.45, 7) is 3.64. The number of hydrogen-bond acceptors (Lipinski definition) is 4. The average molecular weight is 216 g/mol. The van der Waals surface area contributed by atoms with Crippen molar-refractivity contribution in [2.24, 2.45) is 5.92 Å². The van der Waals surface area contributed by atoms with E-state index in [1.807, 2.05) is 6.92 Å². The summed E-state index contributed by atoms with van der Waals surface area (Å²) < 4.78 is 4.80. The Morgan fingerprint density at radius 2 is 2.00 bits per heavy atom. The molecule has 4 heteroatoms. The van der Waals surface area contributed by atoms with E-state index in [2.05, 4.69) is 6.92 Å². The number of unbranched alkanes of at least 4 members (excludes halogenated alkanes) is 1. The molecule has 88 valence electrons. The SMILES string of the molecule is CCCCC(CC)COC(=O)C(=O)CO. The second kappa shape index (κ2) is 8.41. The second-order valence-electron chi connectivity index (χ2n) is 3.60. The summed E-state index contributed by atoms with van der Waals surface area (Å²) in [6.07, 6.45) is 4.15. The van der Waals surface area contributed by atoms with Crippen molar-refractivity contribution in [2.45, 2.75) is 39.5 Å². The van der Waals surface area contributed by atoms with Crippen molar-refractivity contribution in [1.29, 1.82) is 0 Å². The molecule has 1 N–H and O–H groups in total. The molecule has 0 radical (unpaired) electrons. The van der Waals surface area contributed by atoms with E-state index < -0.39 is 18.4 Å². The molecular weight excluding hydrogens is 196 g/mol. The van der Waals surface area contributed by atoms with Crippen LogP contribution in [-0.4, -0.2) is 30.1 Å². The lowest BCUT2D eigenvalue weighted by Crippen LogP contribution is -2.23. The number of rotatable bonds is 8. The van der Waals surface area contributed by atoms with Crippen LogP contribution in [0.5, 0.6) is 0 Å². The highest BCUT2D eigenvalue weighted by Gasteiger charge is 2.15. The van der Waals surface area contributed by atoms with Crippen molar-refractivity contribution in [1.82, 2.24) is 0 Å². The number of carbonyl (C=O) groups excluding carboxylic acids is 2. The molecule has 0 aliphatic carbocycles.